The van der Waals surface area contributed by atoms with Crippen molar-refractivity contribution in [1.29, 1.82) is 0 Å². The van der Waals surface area contributed by atoms with Crippen LogP contribution in [0.5, 0.6) is 5.75 Å². The van der Waals surface area contributed by atoms with Gasteiger partial charge in [-0.05, 0) is 57.8 Å². The second kappa shape index (κ2) is 9.42. The molecule has 0 radical (unpaired) electrons. The number of amides is 2. The molecule has 4 aliphatic rings. The van der Waals surface area contributed by atoms with E-state index in [1.807, 2.05) is 18.2 Å². The Morgan fingerprint density at radius 3 is 2.45 bits per heavy atom. The van der Waals surface area contributed by atoms with Crippen molar-refractivity contribution >= 4 is 61.5 Å². The van der Waals surface area contributed by atoms with Gasteiger partial charge in [-0.15, -0.1) is 0 Å². The van der Waals surface area contributed by atoms with Crippen molar-refractivity contribution in [3.05, 3.63) is 110 Å². The highest BCUT2D eigenvalue weighted by molar-refractivity contribution is 9.12. The molecule has 9 nitrogen and oxygen atoms in total. The Bertz CT molecular complexity index is 1910. The number of fused-ring (bicyclic) bond motifs is 4. The lowest BCUT2D eigenvalue weighted by Crippen LogP contribution is -2.39. The van der Waals surface area contributed by atoms with E-state index in [9.17, 15) is 34.4 Å². The number of nitrogens with zero attached hydrogens (tertiary/aromatic N) is 2. The number of non-ortho nitro benzene ring substituents is 1. The number of anilines is 1. The number of aromatic hydroxyl groups is 1. The van der Waals surface area contributed by atoms with E-state index in [0.29, 0.717) is 27.5 Å². The molecule has 3 aromatic carbocycles. The third kappa shape index (κ3) is 3.68. The van der Waals surface area contributed by atoms with Crippen molar-refractivity contribution in [2.45, 2.75) is 18.8 Å². The minimum Gasteiger partial charge on any atom is -0.507 e. The van der Waals surface area contributed by atoms with Crippen molar-refractivity contribution in [3.63, 3.8) is 0 Å². The lowest BCUT2D eigenvalue weighted by atomic mass is 9.59. The summed E-state index contributed by atoms with van der Waals surface area (Å²) in [4.78, 5) is 66.6. The highest BCUT2D eigenvalue weighted by Gasteiger charge is 2.57. The van der Waals surface area contributed by atoms with Crippen LogP contribution in [0.2, 0.25) is 0 Å². The van der Waals surface area contributed by atoms with Crippen LogP contribution >= 0.6 is 15.9 Å². The van der Waals surface area contributed by atoms with Gasteiger partial charge >= 0.3 is 0 Å². The zero-order valence-electron chi connectivity index (χ0n) is 21.8. The number of hydrogen-bond donors (Lipinski definition) is 1. The lowest BCUT2D eigenvalue weighted by molar-refractivity contribution is -0.384. The first-order valence-electron chi connectivity index (χ1n) is 13.4. The number of nitro groups is 1. The van der Waals surface area contributed by atoms with Crippen LogP contribution in [0.3, 0.4) is 0 Å². The van der Waals surface area contributed by atoms with Crippen LogP contribution in [0.25, 0.3) is 10.8 Å². The van der Waals surface area contributed by atoms with Crippen molar-refractivity contribution in [2.75, 3.05) is 4.90 Å². The summed E-state index contributed by atoms with van der Waals surface area (Å²) in [5, 5.41) is 23.3. The van der Waals surface area contributed by atoms with Gasteiger partial charge in [0.1, 0.15) is 5.75 Å². The maximum absolute atomic E-state index is 14.0. The molecular weight excluding hydrogens is 604 g/mol. The average molecular weight is 625 g/mol. The molecule has 4 unspecified atom stereocenters. The fraction of sp³-hybridized carbons (Fsp3) is 0.188. The second-order valence-corrected chi connectivity index (χ2v) is 11.8. The zero-order chi connectivity index (χ0) is 29.4. The van der Waals surface area contributed by atoms with Gasteiger partial charge in [-0.1, -0.05) is 48.0 Å². The van der Waals surface area contributed by atoms with Gasteiger partial charge in [-0.2, -0.15) is 0 Å². The molecule has 3 aliphatic carbocycles. The first-order chi connectivity index (χ1) is 20.2. The van der Waals surface area contributed by atoms with Crippen molar-refractivity contribution < 1.29 is 29.2 Å². The molecule has 0 bridgehead atoms. The first-order valence-corrected chi connectivity index (χ1v) is 14.2. The van der Waals surface area contributed by atoms with E-state index < -0.39 is 40.4 Å². The number of ketones is 2. The predicted octanol–water partition coefficient (Wildman–Crippen LogP) is 5.42. The SMILES string of the molecule is O=C1C=C(Br)C(=O)C2=C1C(c1ccc(O)c3ccccc13)C1=CCC3C(=O)N(c4cccc([N+](=O)[O-])c4)C(=O)C3C1C2. The van der Waals surface area contributed by atoms with Gasteiger partial charge in [0.05, 0.1) is 26.9 Å². The van der Waals surface area contributed by atoms with Crippen LogP contribution in [0, 0.1) is 27.9 Å². The van der Waals surface area contributed by atoms with E-state index in [1.165, 1.54) is 30.3 Å². The van der Waals surface area contributed by atoms with E-state index in [1.54, 1.807) is 24.3 Å². The summed E-state index contributed by atoms with van der Waals surface area (Å²) < 4.78 is 0.132. The molecule has 42 heavy (non-hydrogen) atoms. The summed E-state index contributed by atoms with van der Waals surface area (Å²) in [7, 11) is 0. The summed E-state index contributed by atoms with van der Waals surface area (Å²) in [6.07, 6.45) is 3.53. The molecule has 4 atom stereocenters. The fourth-order valence-corrected chi connectivity index (χ4v) is 7.57. The third-order valence-electron chi connectivity index (χ3n) is 8.88. The smallest absolute Gasteiger partial charge is 0.271 e. The Hall–Kier alpha value is -4.70. The highest BCUT2D eigenvalue weighted by atomic mass is 79.9. The number of hydrogen-bond acceptors (Lipinski definition) is 7. The van der Waals surface area contributed by atoms with Gasteiger partial charge in [-0.25, -0.2) is 4.90 Å². The number of phenols is 1. The summed E-state index contributed by atoms with van der Waals surface area (Å²) in [5.41, 5.74) is 2.02. The van der Waals surface area contributed by atoms with E-state index in [0.717, 1.165) is 10.5 Å². The molecule has 0 spiro atoms. The Labute approximate surface area is 247 Å². The molecule has 1 fully saturated rings. The number of Topliss-reactive ketones (excluding diaryl/α,β-unsaturated/α-hetero) is 1. The van der Waals surface area contributed by atoms with Gasteiger partial charge in [-0.3, -0.25) is 29.3 Å². The van der Waals surface area contributed by atoms with Crippen molar-refractivity contribution in [2.24, 2.45) is 17.8 Å². The lowest BCUT2D eigenvalue weighted by Gasteiger charge is -2.42. The van der Waals surface area contributed by atoms with Gasteiger partial charge in [0.15, 0.2) is 11.6 Å². The zero-order valence-corrected chi connectivity index (χ0v) is 23.4. The van der Waals surface area contributed by atoms with Crippen molar-refractivity contribution in [1.82, 2.24) is 0 Å². The molecule has 1 N–H and O–H groups in total. The van der Waals surface area contributed by atoms with E-state index in [4.69, 9.17) is 0 Å². The molecule has 7 rings (SSSR count). The number of benzene rings is 3. The maximum atomic E-state index is 14.0. The number of nitro benzene ring substituents is 1. The van der Waals surface area contributed by atoms with Crippen molar-refractivity contribution in [3.8, 4) is 5.75 Å². The molecule has 10 heteroatoms. The minimum absolute atomic E-state index is 0.0754. The Balaban J connectivity index is 1.40. The fourth-order valence-electron chi connectivity index (χ4n) is 7.12. The minimum atomic E-state index is -0.815. The Morgan fingerprint density at radius 1 is 0.929 bits per heavy atom. The Kier molecular flexibility index (Phi) is 5.88. The highest BCUT2D eigenvalue weighted by Crippen LogP contribution is 2.56. The predicted molar refractivity (Wildman–Crippen MR) is 156 cm³/mol. The number of phenolic OH excluding ortho intramolecular Hbond substituents is 1. The number of imide groups is 1. The van der Waals surface area contributed by atoms with Crippen LogP contribution in [0.4, 0.5) is 11.4 Å². The van der Waals surface area contributed by atoms with Crippen LogP contribution in [0.1, 0.15) is 24.3 Å². The quantitative estimate of drug-likeness (QED) is 0.135. The number of halogens is 1. The summed E-state index contributed by atoms with van der Waals surface area (Å²) in [5.74, 6) is -4.26. The number of rotatable bonds is 3. The number of carbonyl (C=O) groups excluding carboxylic acids is 4. The summed E-state index contributed by atoms with van der Waals surface area (Å²) in [6, 6.07) is 16.0. The average Bonchev–Trinajstić information content (AvgIpc) is 3.25. The Morgan fingerprint density at radius 2 is 1.69 bits per heavy atom. The van der Waals surface area contributed by atoms with Crippen LogP contribution in [-0.2, 0) is 19.2 Å². The molecule has 1 heterocycles. The monoisotopic (exact) mass is 624 g/mol. The van der Waals surface area contributed by atoms with Gasteiger partial charge in [0, 0.05) is 40.7 Å². The molecule has 1 aliphatic heterocycles. The van der Waals surface area contributed by atoms with Crippen LogP contribution < -0.4 is 4.90 Å². The number of carbonyl (C=O) groups is 4. The van der Waals surface area contributed by atoms with Crippen LogP contribution in [0.15, 0.2) is 94.0 Å². The van der Waals surface area contributed by atoms with E-state index in [2.05, 4.69) is 15.9 Å². The van der Waals surface area contributed by atoms with Gasteiger partial charge in [0.2, 0.25) is 11.8 Å². The van der Waals surface area contributed by atoms with Gasteiger partial charge in [0.25, 0.3) is 5.69 Å². The molecule has 3 aromatic rings. The normalized spacial score (nSPS) is 25.2. The van der Waals surface area contributed by atoms with Gasteiger partial charge < -0.3 is 5.11 Å². The largest absolute Gasteiger partial charge is 0.507 e. The molecule has 0 aromatic heterocycles. The summed E-state index contributed by atoms with van der Waals surface area (Å²) >= 11 is 3.23. The van der Waals surface area contributed by atoms with E-state index in [-0.39, 0.29) is 46.0 Å². The molecule has 208 valence electrons. The molecule has 2 amide bonds. The molecule has 0 saturated carbocycles. The third-order valence-corrected chi connectivity index (χ3v) is 9.46. The standard InChI is InChI=1S/C32H21BrN2O7/c33-24-14-26(37)29-23(30(24)38)13-22-20(27(29)19-10-11-25(36)18-7-2-1-6-17(18)19)8-9-21-28(22)32(40)34(31(21)39)15-4-3-5-16(12-15)35(41)42/h1-8,10-12,14,21-22,27-28,36H,9,13H2. The van der Waals surface area contributed by atoms with E-state index >= 15 is 0 Å². The molecular formula is C32H21BrN2O7. The summed E-state index contributed by atoms with van der Waals surface area (Å²) in [6.45, 7) is 0. The van der Waals surface area contributed by atoms with Crippen LogP contribution in [-0.4, -0.2) is 33.4 Å². The second-order valence-electron chi connectivity index (χ2n) is 10.9. The maximum Gasteiger partial charge on any atom is 0.271 e. The number of allylic oxidation sites excluding steroid dienone is 6. The topological polar surface area (TPSA) is 135 Å². The molecule has 1 saturated heterocycles. The first kappa shape index (κ1) is 26.2.